The van der Waals surface area contributed by atoms with Crippen LogP contribution in [0.3, 0.4) is 0 Å². The van der Waals surface area contributed by atoms with Crippen LogP contribution in [-0.4, -0.2) is 6.54 Å². The van der Waals surface area contributed by atoms with E-state index in [2.05, 4.69) is 69.2 Å². The molecular formula is C15H23Br2N. The third-order valence-corrected chi connectivity index (χ3v) is 4.29. The fraction of sp³-hybridized carbons (Fsp3) is 0.600. The standard InChI is InChI=1S/C15H23Br2N/c1-3-5-6-7-15(18-10-4-2)13-11-12(16)8-9-14(13)17/h8-9,11,15,18H,3-7,10H2,1-2H3. The molecule has 3 heteroatoms. The van der Waals surface area contributed by atoms with Gasteiger partial charge < -0.3 is 5.32 Å². The Morgan fingerprint density at radius 2 is 1.89 bits per heavy atom. The van der Waals surface area contributed by atoms with E-state index < -0.39 is 0 Å². The van der Waals surface area contributed by atoms with Gasteiger partial charge in [0.2, 0.25) is 0 Å². The number of hydrogen-bond donors (Lipinski definition) is 1. The number of halogens is 2. The highest BCUT2D eigenvalue weighted by molar-refractivity contribution is 9.11. The monoisotopic (exact) mass is 375 g/mol. The number of rotatable bonds is 8. The van der Waals surface area contributed by atoms with Gasteiger partial charge in [0.05, 0.1) is 0 Å². The predicted octanol–water partition coefficient (Wildman–Crippen LogP) is 5.83. The molecule has 1 nitrogen and oxygen atoms in total. The molecule has 0 aliphatic rings. The minimum absolute atomic E-state index is 0.461. The van der Waals surface area contributed by atoms with Gasteiger partial charge >= 0.3 is 0 Å². The zero-order valence-corrected chi connectivity index (χ0v) is 14.5. The second-order valence-corrected chi connectivity index (χ2v) is 6.44. The Hall–Kier alpha value is 0.140. The van der Waals surface area contributed by atoms with Crippen LogP contribution in [0.4, 0.5) is 0 Å². The molecule has 1 rings (SSSR count). The first kappa shape index (κ1) is 16.2. The molecule has 18 heavy (non-hydrogen) atoms. The number of unbranched alkanes of at least 4 members (excludes halogenated alkanes) is 2. The van der Waals surface area contributed by atoms with Crippen LogP contribution in [0.1, 0.15) is 57.6 Å². The molecule has 1 N–H and O–H groups in total. The van der Waals surface area contributed by atoms with Crippen molar-refractivity contribution in [3.8, 4) is 0 Å². The fourth-order valence-corrected chi connectivity index (χ4v) is 2.97. The van der Waals surface area contributed by atoms with Gasteiger partial charge in [0.25, 0.3) is 0 Å². The smallest absolute Gasteiger partial charge is 0.0331 e. The van der Waals surface area contributed by atoms with Crippen LogP contribution < -0.4 is 5.32 Å². The zero-order valence-electron chi connectivity index (χ0n) is 11.3. The summed E-state index contributed by atoms with van der Waals surface area (Å²) in [6, 6.07) is 6.89. The topological polar surface area (TPSA) is 12.0 Å². The maximum atomic E-state index is 3.67. The van der Waals surface area contributed by atoms with Crippen molar-refractivity contribution in [2.75, 3.05) is 6.54 Å². The van der Waals surface area contributed by atoms with E-state index in [1.54, 1.807) is 0 Å². The molecule has 1 unspecified atom stereocenters. The lowest BCUT2D eigenvalue weighted by Crippen LogP contribution is -2.22. The van der Waals surface area contributed by atoms with E-state index in [1.165, 1.54) is 42.1 Å². The van der Waals surface area contributed by atoms with E-state index in [-0.39, 0.29) is 0 Å². The van der Waals surface area contributed by atoms with Gasteiger partial charge in [0, 0.05) is 15.0 Å². The first-order valence-corrected chi connectivity index (χ1v) is 8.46. The van der Waals surface area contributed by atoms with Crippen LogP contribution in [0.2, 0.25) is 0 Å². The highest BCUT2D eigenvalue weighted by Gasteiger charge is 2.13. The van der Waals surface area contributed by atoms with Gasteiger partial charge in [-0.2, -0.15) is 0 Å². The molecule has 0 radical (unpaired) electrons. The number of nitrogens with one attached hydrogen (secondary N) is 1. The third kappa shape index (κ3) is 5.41. The maximum Gasteiger partial charge on any atom is 0.0331 e. The second kappa shape index (κ2) is 9.11. The lowest BCUT2D eigenvalue weighted by molar-refractivity contribution is 0.473. The molecule has 0 heterocycles. The highest BCUT2D eigenvalue weighted by Crippen LogP contribution is 2.30. The van der Waals surface area contributed by atoms with Gasteiger partial charge in [-0.15, -0.1) is 0 Å². The number of benzene rings is 1. The van der Waals surface area contributed by atoms with E-state index >= 15 is 0 Å². The Labute approximate surface area is 128 Å². The largest absolute Gasteiger partial charge is 0.310 e. The lowest BCUT2D eigenvalue weighted by atomic mass is 10.0. The molecule has 0 saturated carbocycles. The summed E-state index contributed by atoms with van der Waals surface area (Å²) in [5.74, 6) is 0. The summed E-state index contributed by atoms with van der Waals surface area (Å²) < 4.78 is 2.36. The minimum atomic E-state index is 0.461. The predicted molar refractivity (Wildman–Crippen MR) is 87.0 cm³/mol. The van der Waals surface area contributed by atoms with Gasteiger partial charge in [0.15, 0.2) is 0 Å². The molecule has 0 fully saturated rings. The molecular weight excluding hydrogens is 354 g/mol. The molecule has 1 atom stereocenters. The Balaban J connectivity index is 2.75. The van der Waals surface area contributed by atoms with E-state index in [9.17, 15) is 0 Å². The molecule has 0 spiro atoms. The quantitative estimate of drug-likeness (QED) is 0.562. The molecule has 1 aromatic rings. The summed E-state index contributed by atoms with van der Waals surface area (Å²) in [5.41, 5.74) is 1.37. The molecule has 1 aromatic carbocycles. The van der Waals surface area contributed by atoms with Crippen LogP contribution in [0, 0.1) is 0 Å². The van der Waals surface area contributed by atoms with Crippen molar-refractivity contribution in [2.45, 2.75) is 52.0 Å². The SMILES string of the molecule is CCCCCC(NCCC)c1cc(Br)ccc1Br. The fourth-order valence-electron chi connectivity index (χ4n) is 2.07. The van der Waals surface area contributed by atoms with Gasteiger partial charge in [-0.05, 0) is 43.1 Å². The molecule has 0 bridgehead atoms. The van der Waals surface area contributed by atoms with E-state index in [0.717, 1.165) is 11.0 Å². The second-order valence-electron chi connectivity index (χ2n) is 4.67. The molecule has 0 aliphatic heterocycles. The normalized spacial score (nSPS) is 12.7. The molecule has 102 valence electrons. The number of hydrogen-bond acceptors (Lipinski definition) is 1. The van der Waals surface area contributed by atoms with E-state index in [1.807, 2.05) is 0 Å². The summed E-state index contributed by atoms with van der Waals surface area (Å²) >= 11 is 7.24. The Bertz CT molecular complexity index is 352. The average molecular weight is 377 g/mol. The van der Waals surface area contributed by atoms with Gasteiger partial charge in [-0.25, -0.2) is 0 Å². The summed E-state index contributed by atoms with van der Waals surface area (Å²) in [6.45, 7) is 5.55. The zero-order chi connectivity index (χ0) is 13.4. The van der Waals surface area contributed by atoms with Crippen molar-refractivity contribution in [2.24, 2.45) is 0 Å². The summed E-state index contributed by atoms with van der Waals surface area (Å²) in [7, 11) is 0. The van der Waals surface area contributed by atoms with Gasteiger partial charge in [-0.3, -0.25) is 0 Å². The summed E-state index contributed by atoms with van der Waals surface area (Å²) in [6.07, 6.45) is 6.27. The van der Waals surface area contributed by atoms with Crippen LogP contribution in [0.25, 0.3) is 0 Å². The highest BCUT2D eigenvalue weighted by atomic mass is 79.9. The molecule has 0 aliphatic carbocycles. The van der Waals surface area contributed by atoms with Crippen molar-refractivity contribution in [1.29, 1.82) is 0 Å². The van der Waals surface area contributed by atoms with Crippen LogP contribution in [0.15, 0.2) is 27.1 Å². The molecule has 0 aromatic heterocycles. The Morgan fingerprint density at radius 1 is 1.11 bits per heavy atom. The van der Waals surface area contributed by atoms with Crippen LogP contribution in [-0.2, 0) is 0 Å². The van der Waals surface area contributed by atoms with E-state index in [4.69, 9.17) is 0 Å². The Morgan fingerprint density at radius 3 is 2.56 bits per heavy atom. The van der Waals surface area contributed by atoms with E-state index in [0.29, 0.717) is 6.04 Å². The third-order valence-electron chi connectivity index (χ3n) is 3.07. The van der Waals surface area contributed by atoms with Crippen molar-refractivity contribution in [3.05, 3.63) is 32.7 Å². The minimum Gasteiger partial charge on any atom is -0.310 e. The summed E-state index contributed by atoms with van der Waals surface area (Å²) in [5, 5.41) is 3.66. The van der Waals surface area contributed by atoms with Crippen molar-refractivity contribution in [1.82, 2.24) is 5.32 Å². The Kier molecular flexibility index (Phi) is 8.20. The lowest BCUT2D eigenvalue weighted by Gasteiger charge is -2.20. The molecule has 0 saturated heterocycles. The van der Waals surface area contributed by atoms with Gasteiger partial charge in [0.1, 0.15) is 0 Å². The van der Waals surface area contributed by atoms with Crippen molar-refractivity contribution >= 4 is 31.9 Å². The van der Waals surface area contributed by atoms with Crippen LogP contribution >= 0.6 is 31.9 Å². The van der Waals surface area contributed by atoms with Crippen molar-refractivity contribution < 1.29 is 0 Å². The van der Waals surface area contributed by atoms with Crippen LogP contribution in [0.5, 0.6) is 0 Å². The average Bonchev–Trinajstić information content (AvgIpc) is 2.37. The van der Waals surface area contributed by atoms with Gasteiger partial charge in [-0.1, -0.05) is 65.0 Å². The first-order chi connectivity index (χ1) is 8.69. The van der Waals surface area contributed by atoms with Crippen molar-refractivity contribution in [3.63, 3.8) is 0 Å². The molecule has 0 amide bonds. The maximum absolute atomic E-state index is 3.67. The summed E-state index contributed by atoms with van der Waals surface area (Å²) in [4.78, 5) is 0. The first-order valence-electron chi connectivity index (χ1n) is 6.87.